The molecule has 0 spiro atoms. The van der Waals surface area contributed by atoms with Crippen LogP contribution in [0.4, 0.5) is 23.2 Å². The van der Waals surface area contributed by atoms with Crippen LogP contribution in [0.1, 0.15) is 22.7 Å². The van der Waals surface area contributed by atoms with E-state index in [1.54, 1.807) is 48.7 Å². The normalized spacial score (nSPS) is 18.3. The molecule has 214 valence electrons. The molecule has 0 bridgehead atoms. The molecule has 1 aliphatic heterocycles. The molecule has 4 heterocycles. The molecule has 6 rings (SSSR count). The Bertz CT molecular complexity index is 1710. The first-order valence-corrected chi connectivity index (χ1v) is 13.1. The lowest BCUT2D eigenvalue weighted by atomic mass is 10.0. The average Bonchev–Trinajstić information content (AvgIpc) is 3.67. The van der Waals surface area contributed by atoms with Gasteiger partial charge in [-0.25, -0.2) is 4.39 Å². The summed E-state index contributed by atoms with van der Waals surface area (Å²) in [5, 5.41) is 11.2. The fourth-order valence-electron chi connectivity index (χ4n) is 5.25. The van der Waals surface area contributed by atoms with E-state index in [0.717, 1.165) is 15.5 Å². The first kappa shape index (κ1) is 26.8. The van der Waals surface area contributed by atoms with E-state index >= 15 is 0 Å². The van der Waals surface area contributed by atoms with Crippen molar-refractivity contribution in [1.29, 1.82) is 0 Å². The van der Waals surface area contributed by atoms with Gasteiger partial charge in [0.05, 0.1) is 23.8 Å². The van der Waals surface area contributed by atoms with E-state index < -0.39 is 24.9 Å². The average molecular weight is 570 g/mol. The third-order valence-electron chi connectivity index (χ3n) is 7.28. The molecule has 0 unspecified atom stereocenters. The van der Waals surface area contributed by atoms with Crippen LogP contribution >= 0.6 is 0 Å². The Morgan fingerprint density at radius 1 is 1.20 bits per heavy atom. The molecule has 13 heteroatoms. The predicted molar refractivity (Wildman–Crippen MR) is 145 cm³/mol. The summed E-state index contributed by atoms with van der Waals surface area (Å²) in [6, 6.07) is 13.0. The highest BCUT2D eigenvalue weighted by molar-refractivity contribution is 5.98. The minimum absolute atomic E-state index is 0.0323. The van der Waals surface area contributed by atoms with Gasteiger partial charge in [0.15, 0.2) is 0 Å². The number of aromatic nitrogens is 4. The number of amides is 1. The number of alkyl halides is 4. The number of halogens is 4. The maximum atomic E-state index is 14.7. The largest absolute Gasteiger partial charge is 0.406 e. The Morgan fingerprint density at radius 2 is 2.05 bits per heavy atom. The first-order valence-electron chi connectivity index (χ1n) is 13.1. The standard InChI is InChI=1S/C28H27F4N7O2/c1-38-10-8-22(19(29)14-38)35-21-3-2-4-23-18(21)12-24(39(23)15-28(30,31)32)26-36-25(41-37-26)13-34-27(40)17-5-6-20-16(11-17)7-9-33-20/h2-7,9,11-12,19,22,33,35H,8,10,13-15H2,1H3,(H,34,40)/t19-,22+/m0/s1. The fraction of sp³-hybridized carbons (Fsp3) is 0.321. The number of piperidine rings is 1. The SMILES string of the molecule is CN1CC[C@@H](Nc2cccc3c2cc(-c2noc(CNC(=O)c4ccc5[nH]ccc5c4)n2)n3CC(F)(F)F)[C@@H](F)C1. The summed E-state index contributed by atoms with van der Waals surface area (Å²) in [6.45, 7) is -0.414. The van der Waals surface area contributed by atoms with E-state index in [4.69, 9.17) is 4.52 Å². The van der Waals surface area contributed by atoms with Crippen molar-refractivity contribution in [3.8, 4) is 11.5 Å². The van der Waals surface area contributed by atoms with Crippen LogP contribution in [0.25, 0.3) is 33.3 Å². The van der Waals surface area contributed by atoms with Gasteiger partial charge in [-0.2, -0.15) is 18.2 Å². The van der Waals surface area contributed by atoms with Crippen molar-refractivity contribution in [1.82, 2.24) is 29.9 Å². The van der Waals surface area contributed by atoms with Crippen LogP contribution in [0.15, 0.2) is 59.3 Å². The van der Waals surface area contributed by atoms with Gasteiger partial charge in [0.2, 0.25) is 11.7 Å². The summed E-state index contributed by atoms with van der Waals surface area (Å²) < 4.78 is 62.0. The van der Waals surface area contributed by atoms with E-state index in [1.807, 2.05) is 18.0 Å². The molecule has 9 nitrogen and oxygen atoms in total. The van der Waals surface area contributed by atoms with Gasteiger partial charge in [0, 0.05) is 46.8 Å². The van der Waals surface area contributed by atoms with Gasteiger partial charge in [-0.05, 0) is 55.9 Å². The van der Waals surface area contributed by atoms with Gasteiger partial charge in [0.25, 0.3) is 5.91 Å². The molecule has 3 aromatic heterocycles. The highest BCUT2D eigenvalue weighted by Gasteiger charge is 2.32. The second-order valence-corrected chi connectivity index (χ2v) is 10.3. The molecule has 1 amide bonds. The number of fused-ring (bicyclic) bond motifs is 2. The number of nitrogens with one attached hydrogen (secondary N) is 3. The molecule has 3 N–H and O–H groups in total. The molecule has 1 saturated heterocycles. The van der Waals surface area contributed by atoms with E-state index in [9.17, 15) is 22.4 Å². The Balaban J connectivity index is 1.26. The van der Waals surface area contributed by atoms with Gasteiger partial charge in [-0.1, -0.05) is 11.2 Å². The fourth-order valence-corrected chi connectivity index (χ4v) is 5.25. The van der Waals surface area contributed by atoms with Crippen LogP contribution in [-0.4, -0.2) is 69.0 Å². The van der Waals surface area contributed by atoms with Crippen molar-refractivity contribution >= 4 is 33.4 Å². The van der Waals surface area contributed by atoms with Crippen molar-refractivity contribution < 1.29 is 26.9 Å². The van der Waals surface area contributed by atoms with E-state index in [2.05, 4.69) is 25.8 Å². The third kappa shape index (κ3) is 5.62. The number of likely N-dealkylation sites (tertiary alicyclic amines) is 1. The number of rotatable bonds is 7. The number of benzene rings is 2. The minimum atomic E-state index is -4.52. The van der Waals surface area contributed by atoms with Crippen LogP contribution in [0.3, 0.4) is 0 Å². The quantitative estimate of drug-likeness (QED) is 0.235. The van der Waals surface area contributed by atoms with Crippen molar-refractivity contribution in [2.75, 3.05) is 25.5 Å². The Morgan fingerprint density at radius 3 is 2.85 bits per heavy atom. The molecular formula is C28H27F4N7O2. The summed E-state index contributed by atoms with van der Waals surface area (Å²) in [7, 11) is 1.85. The minimum Gasteiger partial charge on any atom is -0.379 e. The topological polar surface area (TPSA) is 104 Å². The molecule has 2 atom stereocenters. The zero-order valence-corrected chi connectivity index (χ0v) is 22.0. The molecule has 0 radical (unpaired) electrons. The van der Waals surface area contributed by atoms with Gasteiger partial charge in [0.1, 0.15) is 12.7 Å². The van der Waals surface area contributed by atoms with Crippen molar-refractivity contribution in [2.24, 2.45) is 0 Å². The second kappa shape index (κ2) is 10.5. The van der Waals surface area contributed by atoms with Gasteiger partial charge < -0.3 is 29.6 Å². The summed E-state index contributed by atoms with van der Waals surface area (Å²) in [4.78, 5) is 21.9. The maximum Gasteiger partial charge on any atom is 0.406 e. The number of aromatic amines is 1. The summed E-state index contributed by atoms with van der Waals surface area (Å²) >= 11 is 0. The Hall–Kier alpha value is -4.39. The predicted octanol–water partition coefficient (Wildman–Crippen LogP) is 5.12. The third-order valence-corrected chi connectivity index (χ3v) is 7.28. The molecule has 1 aliphatic rings. The number of nitrogens with zero attached hydrogens (tertiary/aromatic N) is 4. The summed E-state index contributed by atoms with van der Waals surface area (Å²) in [5.74, 6) is -0.392. The summed E-state index contributed by atoms with van der Waals surface area (Å²) in [6.07, 6.45) is -3.32. The Labute approximate surface area is 231 Å². The number of hydrogen-bond donors (Lipinski definition) is 3. The van der Waals surface area contributed by atoms with Gasteiger partial charge in [-0.15, -0.1) is 0 Å². The van der Waals surface area contributed by atoms with E-state index in [1.165, 1.54) is 0 Å². The lowest BCUT2D eigenvalue weighted by Gasteiger charge is -2.33. The van der Waals surface area contributed by atoms with Crippen LogP contribution in [0, 0.1) is 0 Å². The highest BCUT2D eigenvalue weighted by Crippen LogP contribution is 2.35. The zero-order valence-electron chi connectivity index (χ0n) is 22.0. The monoisotopic (exact) mass is 569 g/mol. The second-order valence-electron chi connectivity index (χ2n) is 10.3. The van der Waals surface area contributed by atoms with Gasteiger partial charge >= 0.3 is 6.18 Å². The zero-order chi connectivity index (χ0) is 28.7. The number of hydrogen-bond acceptors (Lipinski definition) is 6. The maximum absolute atomic E-state index is 14.7. The van der Waals surface area contributed by atoms with E-state index in [0.29, 0.717) is 35.1 Å². The molecule has 0 saturated carbocycles. The lowest BCUT2D eigenvalue weighted by molar-refractivity contribution is -0.139. The Kier molecular flexibility index (Phi) is 6.89. The van der Waals surface area contributed by atoms with Crippen LogP contribution < -0.4 is 10.6 Å². The van der Waals surface area contributed by atoms with Crippen LogP contribution in [0.5, 0.6) is 0 Å². The highest BCUT2D eigenvalue weighted by atomic mass is 19.4. The number of carbonyl (C=O) groups is 1. The lowest BCUT2D eigenvalue weighted by Crippen LogP contribution is -2.46. The molecule has 41 heavy (non-hydrogen) atoms. The van der Waals surface area contributed by atoms with E-state index in [-0.39, 0.29) is 36.4 Å². The molecular weight excluding hydrogens is 542 g/mol. The smallest absolute Gasteiger partial charge is 0.379 e. The number of carbonyl (C=O) groups excluding carboxylic acids is 1. The van der Waals surface area contributed by atoms with Crippen molar-refractivity contribution in [3.63, 3.8) is 0 Å². The molecule has 1 fully saturated rings. The number of anilines is 1. The van der Waals surface area contributed by atoms with Gasteiger partial charge in [-0.3, -0.25) is 4.79 Å². The van der Waals surface area contributed by atoms with Crippen molar-refractivity contribution in [3.05, 3.63) is 66.2 Å². The number of H-pyrrole nitrogens is 1. The summed E-state index contributed by atoms with van der Waals surface area (Å²) in [5.41, 5.74) is 2.24. The first-order chi connectivity index (χ1) is 19.6. The van der Waals surface area contributed by atoms with Crippen LogP contribution in [-0.2, 0) is 13.1 Å². The molecule has 0 aliphatic carbocycles. The molecule has 5 aromatic rings. The van der Waals surface area contributed by atoms with Crippen LogP contribution in [0.2, 0.25) is 0 Å². The van der Waals surface area contributed by atoms with Crippen molar-refractivity contribution in [2.45, 2.75) is 37.9 Å². The molecule has 2 aromatic carbocycles.